The summed E-state index contributed by atoms with van der Waals surface area (Å²) in [5.74, 6) is 0.0459. The molecule has 4 bridgehead atoms. The van der Waals surface area contributed by atoms with Crippen LogP contribution in [0.1, 0.15) is 78.1 Å². The molecule has 1 aromatic heterocycles. The SMILES string of the molecule is CCCCN(CCCC)c1cc[n+](C23CC4CC(CC(C4)C2)C3)cc1.O=C([O-])C(F)(F)F. The molecular weight excluding hydrogens is 417 g/mol. The minimum absolute atomic E-state index is 0.463. The number of aliphatic carboxylic acids is 1. The number of alkyl halides is 3. The Balaban J connectivity index is 0.000000360. The highest BCUT2D eigenvalue weighted by molar-refractivity contribution is 5.70. The maximum atomic E-state index is 10.5. The van der Waals surface area contributed by atoms with E-state index >= 15 is 0 Å². The standard InChI is InChI=1S/C23H37N2.C2HF3O2/c1-3-5-9-24(10-6-4-2)22-7-11-25(12-8-22)23-16-19-13-20(17-23)15-21(14-19)18-23;3-2(4,5)1(6)7/h7-8,11-12,19-21H,3-6,9-10,13-18H2,1-2H3;(H,6,7)/q+1;/p-1. The molecule has 4 saturated carbocycles. The molecule has 0 N–H and O–H groups in total. The van der Waals surface area contributed by atoms with Crippen molar-refractivity contribution in [1.82, 2.24) is 0 Å². The van der Waals surface area contributed by atoms with Gasteiger partial charge in [0, 0.05) is 50.2 Å². The molecule has 0 spiro atoms. The summed E-state index contributed by atoms with van der Waals surface area (Å²) in [5.41, 5.74) is 1.90. The Bertz CT molecular complexity index is 705. The van der Waals surface area contributed by atoms with Gasteiger partial charge in [0.15, 0.2) is 17.9 Å². The van der Waals surface area contributed by atoms with E-state index in [0.717, 1.165) is 17.8 Å². The average molecular weight is 455 g/mol. The molecule has 0 atom stereocenters. The lowest BCUT2D eigenvalue weighted by Crippen LogP contribution is -2.64. The zero-order valence-corrected chi connectivity index (χ0v) is 19.4. The second kappa shape index (κ2) is 10.4. The number of aromatic nitrogens is 1. The molecule has 4 aliphatic rings. The van der Waals surface area contributed by atoms with Gasteiger partial charge >= 0.3 is 6.18 Å². The van der Waals surface area contributed by atoms with Crippen LogP contribution < -0.4 is 14.6 Å². The molecule has 32 heavy (non-hydrogen) atoms. The van der Waals surface area contributed by atoms with Crippen molar-refractivity contribution in [3.8, 4) is 0 Å². The lowest BCUT2D eigenvalue weighted by Gasteiger charge is -2.53. The van der Waals surface area contributed by atoms with E-state index in [0.29, 0.717) is 5.54 Å². The van der Waals surface area contributed by atoms with Gasteiger partial charge in [-0.25, -0.2) is 0 Å². The maximum absolute atomic E-state index is 10.5. The van der Waals surface area contributed by atoms with Gasteiger partial charge in [-0.3, -0.25) is 0 Å². The molecule has 0 saturated heterocycles. The predicted octanol–water partition coefficient (Wildman–Crippen LogP) is 4.60. The van der Waals surface area contributed by atoms with Gasteiger partial charge in [-0.1, -0.05) is 26.7 Å². The molecule has 1 aromatic rings. The number of rotatable bonds is 8. The molecule has 0 radical (unpaired) electrons. The number of pyridine rings is 1. The fraction of sp³-hybridized carbons (Fsp3) is 0.760. The Morgan fingerprint density at radius 1 is 1.00 bits per heavy atom. The van der Waals surface area contributed by atoms with Crippen LogP contribution in [0.25, 0.3) is 0 Å². The highest BCUT2D eigenvalue weighted by atomic mass is 19.4. The van der Waals surface area contributed by atoms with E-state index in [4.69, 9.17) is 9.90 Å². The third-order valence-electron chi connectivity index (χ3n) is 7.53. The largest absolute Gasteiger partial charge is 0.542 e. The number of anilines is 1. The number of carboxylic acid groups (broad SMARTS) is 1. The number of hydrogen-bond acceptors (Lipinski definition) is 3. The number of nitrogens with zero attached hydrogens (tertiary/aromatic N) is 2. The Morgan fingerprint density at radius 3 is 1.75 bits per heavy atom. The Labute approximate surface area is 189 Å². The van der Waals surface area contributed by atoms with Crippen LogP contribution in [0, 0.1) is 17.8 Å². The van der Waals surface area contributed by atoms with Crippen LogP contribution in [0.3, 0.4) is 0 Å². The zero-order valence-electron chi connectivity index (χ0n) is 19.4. The number of carboxylic acids is 1. The van der Waals surface area contributed by atoms with E-state index in [1.807, 2.05) is 0 Å². The zero-order chi connectivity index (χ0) is 23.4. The van der Waals surface area contributed by atoms with Crippen LogP contribution in [0.2, 0.25) is 0 Å². The van der Waals surface area contributed by atoms with Gasteiger partial charge in [0.25, 0.3) is 0 Å². The fourth-order valence-electron chi connectivity index (χ4n) is 6.39. The number of hydrogen-bond donors (Lipinski definition) is 0. The number of unbranched alkanes of at least 4 members (excludes halogenated alkanes) is 2. The quantitative estimate of drug-likeness (QED) is 0.539. The van der Waals surface area contributed by atoms with Crippen LogP contribution in [0.5, 0.6) is 0 Å². The highest BCUT2D eigenvalue weighted by Gasteiger charge is 2.56. The van der Waals surface area contributed by atoms with Crippen molar-refractivity contribution in [2.45, 2.75) is 89.8 Å². The fourth-order valence-corrected chi connectivity index (χ4v) is 6.39. The maximum Gasteiger partial charge on any atom is 0.430 e. The van der Waals surface area contributed by atoms with Gasteiger partial charge in [-0.15, -0.1) is 0 Å². The minimum Gasteiger partial charge on any atom is -0.542 e. The molecule has 0 amide bonds. The Morgan fingerprint density at radius 2 is 1.41 bits per heavy atom. The molecular formula is C25H37F3N2O2. The van der Waals surface area contributed by atoms with E-state index in [1.165, 1.54) is 83.0 Å². The molecule has 0 unspecified atom stereocenters. The van der Waals surface area contributed by atoms with Crippen molar-refractivity contribution in [3.05, 3.63) is 24.5 Å². The summed E-state index contributed by atoms with van der Waals surface area (Å²) in [4.78, 5) is 11.4. The first kappa shape index (κ1) is 24.8. The normalized spacial score (nSPS) is 28.2. The van der Waals surface area contributed by atoms with Gasteiger partial charge in [-0.2, -0.15) is 17.7 Å². The summed E-state index contributed by atoms with van der Waals surface area (Å²) < 4.78 is 34.2. The number of carbonyl (C=O) groups is 1. The molecule has 0 aromatic carbocycles. The molecule has 4 aliphatic carbocycles. The minimum atomic E-state index is -5.19. The molecule has 1 heterocycles. The second-order valence-corrected chi connectivity index (χ2v) is 10.1. The third-order valence-corrected chi connectivity index (χ3v) is 7.53. The van der Waals surface area contributed by atoms with E-state index in [1.54, 1.807) is 0 Å². The van der Waals surface area contributed by atoms with Gasteiger partial charge < -0.3 is 14.8 Å². The van der Waals surface area contributed by atoms with Crippen molar-refractivity contribution < 1.29 is 27.6 Å². The van der Waals surface area contributed by atoms with E-state index in [2.05, 4.69) is 47.8 Å². The summed E-state index contributed by atoms with van der Waals surface area (Å²) in [6.07, 6.45) is 13.7. The first-order valence-corrected chi connectivity index (χ1v) is 12.2. The van der Waals surface area contributed by atoms with Crippen molar-refractivity contribution in [1.29, 1.82) is 0 Å². The first-order valence-electron chi connectivity index (χ1n) is 12.2. The third kappa shape index (κ3) is 5.96. The van der Waals surface area contributed by atoms with Crippen LogP contribution in [-0.2, 0) is 10.3 Å². The Hall–Kier alpha value is -1.79. The van der Waals surface area contributed by atoms with Gasteiger partial charge in [-0.05, 0) is 49.9 Å². The molecule has 4 nitrogen and oxygen atoms in total. The van der Waals surface area contributed by atoms with Gasteiger partial charge in [0.05, 0.1) is 0 Å². The highest BCUT2D eigenvalue weighted by Crippen LogP contribution is 2.56. The monoisotopic (exact) mass is 454 g/mol. The van der Waals surface area contributed by atoms with E-state index in [9.17, 15) is 13.2 Å². The lowest BCUT2D eigenvalue weighted by atomic mass is 9.53. The molecule has 5 rings (SSSR count). The smallest absolute Gasteiger partial charge is 0.430 e. The van der Waals surface area contributed by atoms with Crippen molar-refractivity contribution in [3.63, 3.8) is 0 Å². The summed E-state index contributed by atoms with van der Waals surface area (Å²) in [6.45, 7) is 7.00. The number of halogens is 3. The van der Waals surface area contributed by atoms with Gasteiger partial charge in [0.2, 0.25) is 0 Å². The topological polar surface area (TPSA) is 47.2 Å². The molecule has 180 valence electrons. The first-order chi connectivity index (χ1) is 15.2. The summed E-state index contributed by atoms with van der Waals surface area (Å²) >= 11 is 0. The van der Waals surface area contributed by atoms with Crippen LogP contribution in [-0.4, -0.2) is 25.2 Å². The Kier molecular flexibility index (Phi) is 8.10. The van der Waals surface area contributed by atoms with Crippen LogP contribution >= 0.6 is 0 Å². The van der Waals surface area contributed by atoms with E-state index in [-0.39, 0.29) is 0 Å². The van der Waals surface area contributed by atoms with Gasteiger partial charge in [0.1, 0.15) is 5.97 Å². The summed E-state index contributed by atoms with van der Waals surface area (Å²) in [6, 6.07) is 4.81. The average Bonchev–Trinajstić information content (AvgIpc) is 2.73. The van der Waals surface area contributed by atoms with Crippen molar-refractivity contribution >= 4 is 11.7 Å². The number of carbonyl (C=O) groups excluding carboxylic acids is 1. The summed E-state index contributed by atoms with van der Waals surface area (Å²) in [5, 5.41) is 8.78. The molecule has 0 aliphatic heterocycles. The second-order valence-electron chi connectivity index (χ2n) is 10.1. The van der Waals surface area contributed by atoms with Crippen LogP contribution in [0.15, 0.2) is 24.5 Å². The molecule has 4 fully saturated rings. The van der Waals surface area contributed by atoms with Crippen LogP contribution in [0.4, 0.5) is 18.9 Å². The van der Waals surface area contributed by atoms with Crippen molar-refractivity contribution in [2.75, 3.05) is 18.0 Å². The van der Waals surface area contributed by atoms with Crippen molar-refractivity contribution in [2.24, 2.45) is 17.8 Å². The summed E-state index contributed by atoms with van der Waals surface area (Å²) in [7, 11) is 0. The lowest BCUT2D eigenvalue weighted by molar-refractivity contribution is -0.776. The van der Waals surface area contributed by atoms with E-state index < -0.39 is 12.1 Å². The molecule has 7 heteroatoms. The predicted molar refractivity (Wildman–Crippen MR) is 116 cm³/mol.